The molecule has 2 saturated heterocycles. The molecule has 76 heavy (non-hydrogen) atoms. The number of nitrogens with two attached hydrogens (primary N) is 2. The first-order valence-electron chi connectivity index (χ1n) is 23.6. The molecule has 0 aliphatic carbocycles. The number of esters is 2. The number of hydrogen-bond donors (Lipinski definition) is 11. The molecule has 0 aromatic rings. The van der Waals surface area contributed by atoms with Crippen molar-refractivity contribution in [3.05, 3.63) is 23.0 Å². The fourth-order valence-electron chi connectivity index (χ4n) is 8.05. The number of unbranched alkanes of at least 4 members (excludes halogenated alkanes) is 4. The van der Waals surface area contributed by atoms with Crippen molar-refractivity contribution in [3.8, 4) is 0 Å². The first-order valence-corrected chi connectivity index (χ1v) is 30.2. The first kappa shape index (κ1) is 61.0. The van der Waals surface area contributed by atoms with Crippen molar-refractivity contribution in [3.63, 3.8) is 0 Å². The lowest BCUT2D eigenvalue weighted by molar-refractivity contribution is -0.157. The van der Waals surface area contributed by atoms with E-state index in [4.69, 9.17) is 44.7 Å². The maximum atomic E-state index is 13.2. The van der Waals surface area contributed by atoms with E-state index in [-0.39, 0.29) is 54.1 Å². The number of phosphoric acid groups is 3. The third kappa shape index (κ3) is 16.2. The Hall–Kier alpha value is -4.25. The molecule has 12 atom stereocenters. The number of nitrogens with zero attached hydrogens (tertiary/aromatic N) is 8. The molecule has 6 aliphatic heterocycles. The van der Waals surface area contributed by atoms with Crippen molar-refractivity contribution in [2.45, 2.75) is 139 Å². The van der Waals surface area contributed by atoms with Gasteiger partial charge in [-0.2, -0.15) is 8.62 Å². The minimum Gasteiger partial charge on any atom is -0.457 e. The molecule has 6 heterocycles. The highest BCUT2D eigenvalue weighted by molar-refractivity contribution is 8.75. The molecule has 4 unspecified atom stereocenters. The molecular weight excluding hydrogens is 1120 g/mol. The third-order valence-electron chi connectivity index (χ3n) is 11.7. The number of rotatable bonds is 29. The fourth-order valence-corrected chi connectivity index (χ4v) is 13.2. The van der Waals surface area contributed by atoms with Crippen LogP contribution in [0.15, 0.2) is 43.0 Å². The van der Waals surface area contributed by atoms with Gasteiger partial charge in [-0.25, -0.2) is 33.7 Å². The van der Waals surface area contributed by atoms with E-state index in [2.05, 4.69) is 39.2 Å². The smallest absolute Gasteiger partial charge is 0.457 e. The Morgan fingerprint density at radius 2 is 1.11 bits per heavy atom. The number of carbonyl (C=O) groups excluding carboxylic acids is 4. The highest BCUT2D eigenvalue weighted by atomic mass is 33.1. The summed E-state index contributed by atoms with van der Waals surface area (Å²) < 4.78 is 74.9. The summed E-state index contributed by atoms with van der Waals surface area (Å²) in [5.74, 6) is -1.76. The van der Waals surface area contributed by atoms with Crippen LogP contribution in [-0.4, -0.2) is 190 Å². The SMILES string of the molecule is CCC(=O)NCCCCCC(=O)O[C@H]1[C@@H](O)[C@@H](N2C=NC3=C(N)N=CN(SSN4C=NC(N)=C5N=CN([C@H]6O[C@H](COP(=O)(O)OP(=O)(O)OP(=O)(O)O)[C@@H](OC(=O)CCCCCNC(=O)CC)[C@H]6O)C54)C32)O[C@@H]1CO. The molecule has 0 bridgehead atoms. The molecule has 0 spiro atoms. The summed E-state index contributed by atoms with van der Waals surface area (Å²) in [4.78, 5) is 107. The molecule has 426 valence electrons. The van der Waals surface area contributed by atoms with Crippen LogP contribution in [0.5, 0.6) is 0 Å². The summed E-state index contributed by atoms with van der Waals surface area (Å²) >= 11 is 0. The van der Waals surface area contributed by atoms with Gasteiger partial charge in [-0.1, -0.05) is 26.7 Å². The van der Waals surface area contributed by atoms with E-state index in [1.54, 1.807) is 18.2 Å². The standard InChI is InChI=1S/C38H61N12O21P3S2/c1-3-23(52)41-13-9-5-7-11-25(54)68-31-21(15-51)66-37(29(31)56)47-17-43-27-33(39)45-19-49(35(27)47)75-76-50-20-46-34(40)28-36(50)48(18-44-28)38-30(57)32(69-26(55)12-8-6-10-14-42-24(53)4-2)22(67-38)16-65-73(61,62)71-74(63,64)70-72(58,59)60/h17-22,29-32,35-38,51,56-57H,3-16,39-40H2,1-2H3,(H,41,52)(H,42,53)(H,61,62)(H,63,64)(H2,58,59,60)/t21-,22-,29-,30-,31-,32-,35?,36?,37+,38+/m1/s1. The van der Waals surface area contributed by atoms with Crippen LogP contribution >= 0.6 is 45.4 Å². The van der Waals surface area contributed by atoms with Crippen molar-refractivity contribution in [2.24, 2.45) is 31.4 Å². The van der Waals surface area contributed by atoms with Gasteiger partial charge in [0.05, 0.1) is 25.9 Å². The second kappa shape index (κ2) is 27.1. The van der Waals surface area contributed by atoms with E-state index in [1.165, 1.54) is 39.5 Å². The highest BCUT2D eigenvalue weighted by Crippen LogP contribution is 2.66. The lowest BCUT2D eigenvalue weighted by Crippen LogP contribution is -2.54. The van der Waals surface area contributed by atoms with Gasteiger partial charge >= 0.3 is 35.4 Å². The van der Waals surface area contributed by atoms with E-state index in [0.29, 0.717) is 58.0 Å². The second-order valence-electron chi connectivity index (χ2n) is 17.1. The zero-order valence-corrected chi connectivity index (χ0v) is 45.0. The fraction of sp³-hybridized carbons (Fsp3) is 0.684. The summed E-state index contributed by atoms with van der Waals surface area (Å²) in [5.41, 5.74) is 12.9. The van der Waals surface area contributed by atoms with E-state index in [1.807, 2.05) is 0 Å². The van der Waals surface area contributed by atoms with Gasteiger partial charge in [-0.3, -0.25) is 32.3 Å². The Labute approximate surface area is 442 Å². The van der Waals surface area contributed by atoms with Crippen molar-refractivity contribution < 1.29 is 99.9 Å². The lowest BCUT2D eigenvalue weighted by atomic mass is 10.1. The normalized spacial score (nSPS) is 28.4. The summed E-state index contributed by atoms with van der Waals surface area (Å²) in [7, 11) is -15.4. The number of hydrogen-bond acceptors (Lipinski definition) is 29. The predicted molar refractivity (Wildman–Crippen MR) is 266 cm³/mol. The Kier molecular flexibility index (Phi) is 21.7. The largest absolute Gasteiger partial charge is 0.490 e. The Morgan fingerprint density at radius 3 is 1.54 bits per heavy atom. The van der Waals surface area contributed by atoms with E-state index < -0.39 is 110 Å². The average Bonchev–Trinajstić information content (AvgIpc) is 4.14. The van der Waals surface area contributed by atoms with Gasteiger partial charge in [0.25, 0.3) is 0 Å². The monoisotopic (exact) mass is 1180 g/mol. The third-order valence-corrected chi connectivity index (χ3v) is 17.7. The Balaban J connectivity index is 1.13. The molecule has 38 heteroatoms. The Morgan fingerprint density at radius 1 is 0.658 bits per heavy atom. The molecule has 0 radical (unpaired) electrons. The number of aliphatic hydroxyl groups excluding tert-OH is 3. The van der Waals surface area contributed by atoms with Crippen LogP contribution in [0.3, 0.4) is 0 Å². The summed E-state index contributed by atoms with van der Waals surface area (Å²) in [6.07, 6.45) is -5.11. The van der Waals surface area contributed by atoms with Crippen LogP contribution in [0.2, 0.25) is 0 Å². The molecule has 0 aromatic heterocycles. The van der Waals surface area contributed by atoms with E-state index >= 15 is 0 Å². The predicted octanol–water partition coefficient (Wildman–Crippen LogP) is -1.01. The maximum Gasteiger partial charge on any atom is 0.490 e. The van der Waals surface area contributed by atoms with Crippen LogP contribution in [-0.2, 0) is 65.0 Å². The van der Waals surface area contributed by atoms with Gasteiger partial charge in [-0.05, 0) is 25.7 Å². The Bertz CT molecular complexity index is 2460. The van der Waals surface area contributed by atoms with E-state index in [0.717, 1.165) is 22.0 Å². The molecular formula is C38H61N12O21P3S2. The summed E-state index contributed by atoms with van der Waals surface area (Å²) in [6, 6.07) is 0. The van der Waals surface area contributed by atoms with Gasteiger partial charge in [0, 0.05) is 60.7 Å². The number of phosphoric ester groups is 1. The number of ether oxygens (including phenoxy) is 4. The number of carbonyl (C=O) groups is 4. The molecule has 2 fully saturated rings. The van der Waals surface area contributed by atoms with Gasteiger partial charge in [-0.15, -0.1) is 0 Å². The number of fused-ring (bicyclic) bond motifs is 2. The number of aliphatic hydroxyl groups is 3. The molecule has 2 amide bonds. The lowest BCUT2D eigenvalue weighted by Gasteiger charge is -2.40. The van der Waals surface area contributed by atoms with Gasteiger partial charge in [0.15, 0.2) is 48.6 Å². The number of nitrogens with one attached hydrogen (secondary N) is 2. The van der Waals surface area contributed by atoms with Crippen molar-refractivity contribution in [1.82, 2.24) is 29.0 Å². The van der Waals surface area contributed by atoms with Crippen molar-refractivity contribution >= 4 is 94.5 Å². The average molecular weight is 1180 g/mol. The topological polar surface area (TPSA) is 464 Å². The van der Waals surface area contributed by atoms with Crippen molar-refractivity contribution in [2.75, 3.05) is 26.3 Å². The summed E-state index contributed by atoms with van der Waals surface area (Å²) in [6.45, 7) is 2.53. The van der Waals surface area contributed by atoms with Crippen LogP contribution in [0, 0.1) is 0 Å². The van der Waals surface area contributed by atoms with Gasteiger partial charge in [0.2, 0.25) is 11.8 Å². The second-order valence-corrected chi connectivity index (χ2v) is 23.6. The van der Waals surface area contributed by atoms with E-state index in [9.17, 15) is 58.0 Å². The molecule has 6 rings (SSSR count). The minimum atomic E-state index is -5.94. The molecule has 13 N–H and O–H groups in total. The minimum absolute atomic E-state index is 0.00832. The zero-order chi connectivity index (χ0) is 55.5. The molecule has 6 aliphatic rings. The zero-order valence-electron chi connectivity index (χ0n) is 40.7. The van der Waals surface area contributed by atoms with Crippen molar-refractivity contribution in [1.29, 1.82) is 0 Å². The molecule has 0 aromatic carbocycles. The first-order chi connectivity index (χ1) is 36.0. The number of amides is 2. The van der Waals surface area contributed by atoms with Crippen LogP contribution in [0.1, 0.15) is 78.1 Å². The quantitative estimate of drug-likeness (QED) is 0.0140. The van der Waals surface area contributed by atoms with Crippen LogP contribution in [0.25, 0.3) is 0 Å². The van der Waals surface area contributed by atoms with Gasteiger partial charge < -0.3 is 85.7 Å². The van der Waals surface area contributed by atoms with Gasteiger partial charge in [0.1, 0.15) is 48.5 Å². The van der Waals surface area contributed by atoms with Crippen LogP contribution in [0.4, 0.5) is 0 Å². The maximum absolute atomic E-state index is 13.2. The molecule has 33 nitrogen and oxygen atoms in total. The summed E-state index contributed by atoms with van der Waals surface area (Å²) in [5, 5.41) is 39.1. The van der Waals surface area contributed by atoms with Crippen LogP contribution < -0.4 is 22.1 Å². The number of aliphatic imine (C=N–C) groups is 4. The highest BCUT2D eigenvalue weighted by Gasteiger charge is 2.55. The molecule has 0 saturated carbocycles.